The summed E-state index contributed by atoms with van der Waals surface area (Å²) < 4.78 is 33.0. The predicted molar refractivity (Wildman–Crippen MR) is 109 cm³/mol. The maximum Gasteiger partial charge on any atom is 0.244 e. The first-order chi connectivity index (χ1) is 13.3. The minimum Gasteiger partial charge on any atom is -0.373 e. The van der Waals surface area contributed by atoms with Gasteiger partial charge in [-0.2, -0.15) is 4.31 Å². The summed E-state index contributed by atoms with van der Waals surface area (Å²) in [6.45, 7) is 6.58. The minimum absolute atomic E-state index is 0.0440. The quantitative estimate of drug-likeness (QED) is 0.778. The maximum atomic E-state index is 12.9. The lowest BCUT2D eigenvalue weighted by atomic mass is 10.2. The monoisotopic (exact) mass is 429 g/mol. The van der Waals surface area contributed by atoms with E-state index in [1.807, 2.05) is 18.7 Å². The normalized spacial score (nSPS) is 24.8. The van der Waals surface area contributed by atoms with E-state index in [0.29, 0.717) is 31.9 Å². The summed E-state index contributed by atoms with van der Waals surface area (Å²) >= 11 is 6.18. The molecule has 0 saturated carbocycles. The zero-order chi connectivity index (χ0) is 20.3. The highest BCUT2D eigenvalue weighted by atomic mass is 35.5. The van der Waals surface area contributed by atoms with Crippen molar-refractivity contribution in [3.8, 4) is 0 Å². The van der Waals surface area contributed by atoms with Gasteiger partial charge in [0.25, 0.3) is 0 Å². The van der Waals surface area contributed by atoms with Crippen molar-refractivity contribution in [1.29, 1.82) is 0 Å². The van der Waals surface area contributed by atoms with Crippen LogP contribution in [0.1, 0.15) is 33.1 Å². The van der Waals surface area contributed by atoms with Gasteiger partial charge in [0.05, 0.1) is 23.8 Å². The third-order valence-corrected chi connectivity index (χ3v) is 7.39. The Morgan fingerprint density at radius 3 is 2.46 bits per heavy atom. The Bertz CT molecular complexity index is 801. The number of ether oxygens (including phenoxy) is 1. The summed E-state index contributed by atoms with van der Waals surface area (Å²) in [5.74, 6) is -0.190. The number of nitrogens with one attached hydrogen (secondary N) is 1. The van der Waals surface area contributed by atoms with Crippen molar-refractivity contribution in [2.45, 2.75) is 50.2 Å². The highest BCUT2D eigenvalue weighted by Crippen LogP contribution is 2.29. The molecule has 0 bridgehead atoms. The molecule has 0 spiro atoms. The van der Waals surface area contributed by atoms with Gasteiger partial charge in [-0.3, -0.25) is 9.69 Å². The third-order valence-electron chi connectivity index (χ3n) is 5.01. The molecule has 2 aliphatic heterocycles. The van der Waals surface area contributed by atoms with Gasteiger partial charge in [-0.15, -0.1) is 0 Å². The molecular weight excluding hydrogens is 402 g/mol. The average Bonchev–Trinajstić information content (AvgIpc) is 2.63. The molecule has 3 rings (SSSR count). The van der Waals surface area contributed by atoms with Crippen LogP contribution in [0.5, 0.6) is 0 Å². The predicted octanol–water partition coefficient (Wildman–Crippen LogP) is 2.56. The molecule has 2 aliphatic rings. The lowest BCUT2D eigenvalue weighted by Gasteiger charge is -2.34. The highest BCUT2D eigenvalue weighted by Gasteiger charge is 2.29. The number of halogens is 1. The van der Waals surface area contributed by atoms with E-state index in [0.717, 1.165) is 19.3 Å². The van der Waals surface area contributed by atoms with Crippen LogP contribution in [-0.2, 0) is 19.6 Å². The van der Waals surface area contributed by atoms with E-state index in [4.69, 9.17) is 16.3 Å². The lowest BCUT2D eigenvalue weighted by Crippen LogP contribution is -2.48. The van der Waals surface area contributed by atoms with Gasteiger partial charge in [0.2, 0.25) is 15.9 Å². The Morgan fingerprint density at radius 1 is 1.18 bits per heavy atom. The summed E-state index contributed by atoms with van der Waals surface area (Å²) in [5.41, 5.74) is 0.430. The topological polar surface area (TPSA) is 79.0 Å². The van der Waals surface area contributed by atoms with E-state index >= 15 is 0 Å². The van der Waals surface area contributed by atoms with Crippen LogP contribution in [0.2, 0.25) is 5.02 Å². The van der Waals surface area contributed by atoms with Gasteiger partial charge in [0, 0.05) is 31.9 Å². The minimum atomic E-state index is -3.67. The zero-order valence-electron chi connectivity index (χ0n) is 16.4. The molecule has 1 aromatic rings. The van der Waals surface area contributed by atoms with E-state index in [1.165, 1.54) is 16.4 Å². The standard InChI is InChI=1S/C19H28ClN3O4S/c1-14-11-22(12-15(2)27-14)13-19(24)21-16-6-7-17(20)18(10-16)28(25,26)23-8-4-3-5-9-23/h6-7,10,14-15H,3-5,8-9,11-13H2,1-2H3,(H,21,24)/t14-,15-/m0/s1. The number of carbonyl (C=O) groups excluding carboxylic acids is 1. The van der Waals surface area contributed by atoms with E-state index < -0.39 is 10.0 Å². The Kier molecular flexibility index (Phi) is 6.98. The number of carbonyl (C=O) groups is 1. The number of anilines is 1. The largest absolute Gasteiger partial charge is 0.373 e. The summed E-state index contributed by atoms with van der Waals surface area (Å²) in [4.78, 5) is 14.5. The number of hydrogen-bond donors (Lipinski definition) is 1. The first kappa shape index (κ1) is 21.5. The Labute approximate surface area is 172 Å². The summed E-state index contributed by atoms with van der Waals surface area (Å²) in [5, 5.41) is 2.96. The van der Waals surface area contributed by atoms with Gasteiger partial charge in [-0.25, -0.2) is 8.42 Å². The van der Waals surface area contributed by atoms with Crippen LogP contribution in [0.25, 0.3) is 0 Å². The fraction of sp³-hybridized carbons (Fsp3) is 0.632. The molecule has 1 amide bonds. The fourth-order valence-corrected chi connectivity index (χ4v) is 5.86. The van der Waals surface area contributed by atoms with Crippen LogP contribution < -0.4 is 5.32 Å². The number of piperidine rings is 1. The van der Waals surface area contributed by atoms with Crippen molar-refractivity contribution in [2.75, 3.05) is 38.0 Å². The number of morpholine rings is 1. The second kappa shape index (κ2) is 9.09. The van der Waals surface area contributed by atoms with E-state index in [2.05, 4.69) is 5.32 Å². The molecule has 1 aromatic carbocycles. The molecular formula is C19H28ClN3O4S. The van der Waals surface area contributed by atoms with Gasteiger partial charge in [0.1, 0.15) is 4.90 Å². The number of benzene rings is 1. The third kappa shape index (κ3) is 5.24. The molecule has 1 N–H and O–H groups in total. The summed E-state index contributed by atoms with van der Waals surface area (Å²) in [6.07, 6.45) is 2.89. The molecule has 28 heavy (non-hydrogen) atoms. The van der Waals surface area contributed by atoms with Crippen LogP contribution in [0, 0.1) is 0 Å². The van der Waals surface area contributed by atoms with Crippen molar-refractivity contribution >= 4 is 33.2 Å². The van der Waals surface area contributed by atoms with Crippen molar-refractivity contribution in [3.63, 3.8) is 0 Å². The van der Waals surface area contributed by atoms with E-state index in [9.17, 15) is 13.2 Å². The molecule has 0 radical (unpaired) electrons. The number of rotatable bonds is 5. The van der Waals surface area contributed by atoms with E-state index in [-0.39, 0.29) is 34.6 Å². The van der Waals surface area contributed by atoms with Crippen LogP contribution >= 0.6 is 11.6 Å². The van der Waals surface area contributed by atoms with Crippen molar-refractivity contribution < 1.29 is 17.9 Å². The fourth-order valence-electron chi connectivity index (χ4n) is 3.84. The highest BCUT2D eigenvalue weighted by molar-refractivity contribution is 7.89. The van der Waals surface area contributed by atoms with Crippen molar-refractivity contribution in [2.24, 2.45) is 0 Å². The van der Waals surface area contributed by atoms with Gasteiger partial charge in [-0.05, 0) is 44.9 Å². The molecule has 0 aliphatic carbocycles. The van der Waals surface area contributed by atoms with Crippen LogP contribution in [0.4, 0.5) is 5.69 Å². The van der Waals surface area contributed by atoms with Crippen LogP contribution in [0.15, 0.2) is 23.1 Å². The SMILES string of the molecule is C[C@H]1CN(CC(=O)Nc2ccc(Cl)c(S(=O)(=O)N3CCCCC3)c2)C[C@H](C)O1. The summed E-state index contributed by atoms with van der Waals surface area (Å²) in [6, 6.07) is 4.60. The molecule has 0 aromatic heterocycles. The average molecular weight is 430 g/mol. The van der Waals surface area contributed by atoms with Gasteiger partial charge >= 0.3 is 0 Å². The Morgan fingerprint density at radius 2 is 1.82 bits per heavy atom. The molecule has 2 heterocycles. The lowest BCUT2D eigenvalue weighted by molar-refractivity contribution is -0.121. The van der Waals surface area contributed by atoms with Crippen LogP contribution in [0.3, 0.4) is 0 Å². The summed E-state index contributed by atoms with van der Waals surface area (Å²) in [7, 11) is -3.67. The second-order valence-corrected chi connectivity index (χ2v) is 9.92. The first-order valence-electron chi connectivity index (χ1n) is 9.73. The van der Waals surface area contributed by atoms with Crippen LogP contribution in [-0.4, -0.2) is 68.5 Å². The number of hydrogen-bond acceptors (Lipinski definition) is 5. The van der Waals surface area contributed by atoms with E-state index in [1.54, 1.807) is 6.07 Å². The molecule has 156 valence electrons. The number of sulfonamides is 1. The van der Waals surface area contributed by atoms with Gasteiger partial charge in [-0.1, -0.05) is 18.0 Å². The molecule has 2 saturated heterocycles. The molecule has 2 atom stereocenters. The smallest absolute Gasteiger partial charge is 0.244 e. The van der Waals surface area contributed by atoms with Gasteiger partial charge in [0.15, 0.2) is 0 Å². The Balaban J connectivity index is 1.69. The van der Waals surface area contributed by atoms with Gasteiger partial charge < -0.3 is 10.1 Å². The van der Waals surface area contributed by atoms with Crippen molar-refractivity contribution in [1.82, 2.24) is 9.21 Å². The van der Waals surface area contributed by atoms with Crippen molar-refractivity contribution in [3.05, 3.63) is 23.2 Å². The zero-order valence-corrected chi connectivity index (χ0v) is 17.9. The number of nitrogens with zero attached hydrogens (tertiary/aromatic N) is 2. The maximum absolute atomic E-state index is 12.9. The Hall–Kier alpha value is -1.19. The molecule has 2 fully saturated rings. The molecule has 0 unspecified atom stereocenters. The number of amides is 1. The molecule has 7 nitrogen and oxygen atoms in total. The second-order valence-electron chi connectivity index (χ2n) is 7.61. The molecule has 9 heteroatoms. The first-order valence-corrected chi connectivity index (χ1v) is 11.5.